The molecular formula is C32H35N5O6. The first-order chi connectivity index (χ1) is 20.8. The summed E-state index contributed by atoms with van der Waals surface area (Å²) < 4.78 is 11.9. The number of carboxylic acid groups (broad SMARTS) is 1. The van der Waals surface area contributed by atoms with Crippen molar-refractivity contribution in [3.8, 4) is 23.0 Å². The number of rotatable bonds is 5. The zero-order valence-electron chi connectivity index (χ0n) is 24.2. The van der Waals surface area contributed by atoms with Crippen molar-refractivity contribution in [1.29, 1.82) is 0 Å². The Morgan fingerprint density at radius 3 is 2.70 bits per heavy atom. The normalized spacial score (nSPS) is 26.6. The zero-order valence-corrected chi connectivity index (χ0v) is 24.2. The van der Waals surface area contributed by atoms with Gasteiger partial charge in [-0.1, -0.05) is 42.5 Å². The van der Waals surface area contributed by atoms with E-state index in [1.54, 1.807) is 25.1 Å². The molecule has 224 valence electrons. The third kappa shape index (κ3) is 5.59. The number of carboxylic acids is 1. The van der Waals surface area contributed by atoms with Crippen molar-refractivity contribution in [1.82, 2.24) is 25.1 Å². The van der Waals surface area contributed by atoms with Gasteiger partial charge in [0.1, 0.15) is 23.4 Å². The largest absolute Gasteiger partial charge is 0.497 e. The minimum absolute atomic E-state index is 0.146. The standard InChI is InChI=1S/C32H35N5O6/c1-36-15-9-4-3-8-12-21-18-32(21,30(39)40)35-28(38)26-17-23(19-37(26)31(36)41)43-29-24-14-13-22(42-2)16-25(24)33-27(34-29)20-10-6-5-7-11-20/h5-8,10-14,16,21,23,26H,3-4,9,15,17-19H2,1-2H3,(H,35,38)(H,39,40)/b12-8-/t21-,23-,26+,32-/m1/s1. The van der Waals surface area contributed by atoms with E-state index in [2.05, 4.69) is 5.32 Å². The summed E-state index contributed by atoms with van der Waals surface area (Å²) in [6.07, 6.45) is 6.27. The van der Waals surface area contributed by atoms with Gasteiger partial charge in [-0.05, 0) is 37.8 Å². The fraction of sp³-hybridized carbons (Fsp3) is 0.406. The van der Waals surface area contributed by atoms with E-state index in [1.165, 1.54) is 4.90 Å². The Balaban J connectivity index is 1.32. The lowest BCUT2D eigenvalue weighted by Gasteiger charge is -2.29. The van der Waals surface area contributed by atoms with Crippen LogP contribution >= 0.6 is 0 Å². The van der Waals surface area contributed by atoms with E-state index >= 15 is 0 Å². The zero-order chi connectivity index (χ0) is 30.1. The Morgan fingerprint density at radius 1 is 1.12 bits per heavy atom. The van der Waals surface area contributed by atoms with Crippen LogP contribution in [0.4, 0.5) is 4.79 Å². The van der Waals surface area contributed by atoms with Gasteiger partial charge in [0.15, 0.2) is 5.82 Å². The number of allylic oxidation sites excluding steroid dienone is 1. The molecule has 1 aliphatic carbocycles. The van der Waals surface area contributed by atoms with E-state index in [4.69, 9.17) is 19.4 Å². The fourth-order valence-corrected chi connectivity index (χ4v) is 5.97. The molecule has 2 N–H and O–H groups in total. The number of carbonyl (C=O) groups is 3. The predicted octanol–water partition coefficient (Wildman–Crippen LogP) is 3.88. The molecule has 2 aromatic carbocycles. The first kappa shape index (κ1) is 28.4. The molecule has 3 aliphatic rings. The van der Waals surface area contributed by atoms with Crippen molar-refractivity contribution in [3.05, 3.63) is 60.7 Å². The van der Waals surface area contributed by atoms with E-state index < -0.39 is 29.6 Å². The van der Waals surface area contributed by atoms with Crippen molar-refractivity contribution in [3.63, 3.8) is 0 Å². The van der Waals surface area contributed by atoms with Crippen LogP contribution in [0.5, 0.6) is 11.6 Å². The number of benzene rings is 2. The fourth-order valence-electron chi connectivity index (χ4n) is 5.97. The van der Waals surface area contributed by atoms with Gasteiger partial charge in [0.05, 0.1) is 24.6 Å². The highest BCUT2D eigenvalue weighted by Gasteiger charge is 2.61. The van der Waals surface area contributed by atoms with E-state index in [9.17, 15) is 19.5 Å². The van der Waals surface area contributed by atoms with Gasteiger partial charge in [-0.2, -0.15) is 4.98 Å². The van der Waals surface area contributed by atoms with Crippen LogP contribution in [-0.2, 0) is 9.59 Å². The average molecular weight is 586 g/mol. The molecular weight excluding hydrogens is 550 g/mol. The number of aromatic nitrogens is 2. The minimum Gasteiger partial charge on any atom is -0.497 e. The first-order valence-corrected chi connectivity index (χ1v) is 14.6. The van der Waals surface area contributed by atoms with Gasteiger partial charge in [0.25, 0.3) is 0 Å². The van der Waals surface area contributed by atoms with Gasteiger partial charge in [-0.25, -0.2) is 14.6 Å². The maximum Gasteiger partial charge on any atom is 0.330 e. The average Bonchev–Trinajstić information content (AvgIpc) is 3.55. The molecule has 1 saturated carbocycles. The maximum absolute atomic E-state index is 13.7. The highest BCUT2D eigenvalue weighted by molar-refractivity contribution is 5.94. The van der Waals surface area contributed by atoms with Crippen molar-refractivity contribution in [2.75, 3.05) is 27.2 Å². The van der Waals surface area contributed by atoms with Gasteiger partial charge < -0.3 is 29.7 Å². The summed E-state index contributed by atoms with van der Waals surface area (Å²) in [5.41, 5.74) is 0.0810. The number of fused-ring (bicyclic) bond motifs is 3. The Kier molecular flexibility index (Phi) is 7.64. The lowest BCUT2D eigenvalue weighted by Crippen LogP contribution is -2.54. The van der Waals surface area contributed by atoms with Gasteiger partial charge in [0.2, 0.25) is 11.8 Å². The Morgan fingerprint density at radius 2 is 1.93 bits per heavy atom. The van der Waals surface area contributed by atoms with E-state index in [-0.39, 0.29) is 24.9 Å². The molecule has 6 rings (SSSR count). The van der Waals surface area contributed by atoms with Crippen LogP contribution in [0.15, 0.2) is 60.7 Å². The molecule has 4 atom stereocenters. The summed E-state index contributed by atoms with van der Waals surface area (Å²) in [5.74, 6) is -0.405. The second kappa shape index (κ2) is 11.5. The third-order valence-electron chi connectivity index (χ3n) is 8.54. The number of hydrogen-bond acceptors (Lipinski definition) is 7. The molecule has 43 heavy (non-hydrogen) atoms. The molecule has 2 aliphatic heterocycles. The molecule has 3 aromatic rings. The summed E-state index contributed by atoms with van der Waals surface area (Å²) in [7, 11) is 3.31. The van der Waals surface area contributed by atoms with Crippen molar-refractivity contribution >= 4 is 28.8 Å². The molecule has 1 saturated heterocycles. The number of carbonyl (C=O) groups excluding carboxylic acids is 2. The van der Waals surface area contributed by atoms with Crippen molar-refractivity contribution in [2.24, 2.45) is 5.92 Å². The van der Waals surface area contributed by atoms with Gasteiger partial charge in [0, 0.05) is 37.6 Å². The molecule has 1 aromatic heterocycles. The first-order valence-electron chi connectivity index (χ1n) is 14.6. The van der Waals surface area contributed by atoms with Gasteiger partial charge >= 0.3 is 12.0 Å². The quantitative estimate of drug-likeness (QED) is 0.431. The maximum atomic E-state index is 13.7. The number of amides is 3. The molecule has 0 bridgehead atoms. The number of methoxy groups -OCH3 is 1. The minimum atomic E-state index is -1.36. The molecule has 3 heterocycles. The SMILES string of the molecule is COc1ccc2c(O[C@@H]3C[C@H]4C(=O)N[C@]5(C(=O)O)C[C@H]5/C=C\CCCCN(C)C(=O)N4C3)nc(-c3ccccc3)nc2c1. The van der Waals surface area contributed by atoms with E-state index in [0.717, 1.165) is 24.8 Å². The smallest absolute Gasteiger partial charge is 0.330 e. The molecule has 0 unspecified atom stereocenters. The number of hydrogen-bond donors (Lipinski definition) is 2. The lowest BCUT2D eigenvalue weighted by atomic mass is 10.1. The van der Waals surface area contributed by atoms with Crippen molar-refractivity contribution in [2.45, 2.75) is 49.8 Å². The molecule has 0 radical (unpaired) electrons. The topological polar surface area (TPSA) is 134 Å². The highest BCUT2D eigenvalue weighted by Crippen LogP contribution is 2.45. The summed E-state index contributed by atoms with van der Waals surface area (Å²) in [6.45, 7) is 0.692. The second-order valence-electron chi connectivity index (χ2n) is 11.4. The number of ether oxygens (including phenoxy) is 2. The Hall–Kier alpha value is -4.67. The highest BCUT2D eigenvalue weighted by atomic mass is 16.5. The van der Waals surface area contributed by atoms with Crippen LogP contribution in [0.25, 0.3) is 22.3 Å². The summed E-state index contributed by atoms with van der Waals surface area (Å²) >= 11 is 0. The summed E-state index contributed by atoms with van der Waals surface area (Å²) in [4.78, 5) is 52.2. The molecule has 2 fully saturated rings. The van der Waals surface area contributed by atoms with E-state index in [1.807, 2.05) is 54.6 Å². The third-order valence-corrected chi connectivity index (χ3v) is 8.54. The van der Waals surface area contributed by atoms with Gasteiger partial charge in [-0.15, -0.1) is 0 Å². The molecule has 0 spiro atoms. The van der Waals surface area contributed by atoms with E-state index in [0.29, 0.717) is 41.3 Å². The number of nitrogens with zero attached hydrogens (tertiary/aromatic N) is 4. The Labute approximate surface area is 249 Å². The van der Waals surface area contributed by atoms with Crippen LogP contribution < -0.4 is 14.8 Å². The predicted molar refractivity (Wildman–Crippen MR) is 159 cm³/mol. The molecule has 3 amide bonds. The monoisotopic (exact) mass is 585 g/mol. The van der Waals surface area contributed by atoms with Crippen molar-refractivity contribution < 1.29 is 29.0 Å². The number of urea groups is 1. The lowest BCUT2D eigenvalue weighted by molar-refractivity contribution is -0.144. The van der Waals surface area contributed by atoms with Crippen LogP contribution in [0.3, 0.4) is 0 Å². The van der Waals surface area contributed by atoms with Crippen LogP contribution in [0.1, 0.15) is 32.1 Å². The second-order valence-corrected chi connectivity index (χ2v) is 11.4. The summed E-state index contributed by atoms with van der Waals surface area (Å²) in [5, 5.41) is 13.5. The molecule has 11 nitrogen and oxygen atoms in total. The van der Waals surface area contributed by atoms with Gasteiger partial charge in [-0.3, -0.25) is 4.79 Å². The molecule has 11 heteroatoms. The van der Waals surface area contributed by atoms with Crippen LogP contribution in [0, 0.1) is 5.92 Å². The number of nitrogens with one attached hydrogen (secondary N) is 1. The van der Waals surface area contributed by atoms with Crippen LogP contribution in [0.2, 0.25) is 0 Å². The summed E-state index contributed by atoms with van der Waals surface area (Å²) in [6, 6.07) is 13.8. The van der Waals surface area contributed by atoms with Crippen LogP contribution in [-0.4, -0.2) is 87.7 Å². The Bertz CT molecular complexity index is 1580. The number of aliphatic carboxylic acids is 1.